The van der Waals surface area contributed by atoms with Gasteiger partial charge in [0, 0.05) is 24.7 Å². The van der Waals surface area contributed by atoms with Crippen LogP contribution in [-0.4, -0.2) is 96.3 Å². The monoisotopic (exact) mass is 500 g/mol. The van der Waals surface area contributed by atoms with E-state index in [1.54, 1.807) is 0 Å². The van der Waals surface area contributed by atoms with Crippen molar-refractivity contribution in [3.63, 3.8) is 0 Å². The van der Waals surface area contributed by atoms with Crippen LogP contribution in [0.2, 0.25) is 0 Å². The summed E-state index contributed by atoms with van der Waals surface area (Å²) in [5.74, 6) is -7.29. The van der Waals surface area contributed by atoms with E-state index in [0.29, 0.717) is 5.69 Å². The quantitative estimate of drug-likeness (QED) is 0.114. The molecule has 5 atom stereocenters. The van der Waals surface area contributed by atoms with E-state index in [1.165, 1.54) is 19.4 Å². The van der Waals surface area contributed by atoms with Gasteiger partial charge in [-0.05, 0) is 13.3 Å². The van der Waals surface area contributed by atoms with E-state index in [4.69, 9.17) is 15.9 Å². The molecule has 0 saturated carbocycles. The van der Waals surface area contributed by atoms with Gasteiger partial charge in [-0.1, -0.05) is 0 Å². The van der Waals surface area contributed by atoms with E-state index < -0.39 is 78.7 Å². The fourth-order valence-electron chi connectivity index (χ4n) is 2.81. The molecule has 10 N–H and O–H groups in total. The molecular weight excluding hydrogens is 472 g/mol. The van der Waals surface area contributed by atoms with Crippen molar-refractivity contribution >= 4 is 35.6 Å². The molecule has 0 radical (unpaired) electrons. The number of carbonyl (C=O) groups excluding carboxylic acids is 3. The van der Waals surface area contributed by atoms with Crippen LogP contribution in [0, 0.1) is 0 Å². The molecule has 1 heterocycles. The second-order valence-electron chi connectivity index (χ2n) is 7.61. The number of carboxylic acid groups (broad SMARTS) is 3. The molecule has 194 valence electrons. The Morgan fingerprint density at radius 2 is 1.60 bits per heavy atom. The third kappa shape index (κ3) is 10.2. The van der Waals surface area contributed by atoms with Crippen LogP contribution in [-0.2, 0) is 35.2 Å². The number of amides is 3. The maximum absolute atomic E-state index is 12.8. The lowest BCUT2D eigenvalue weighted by Crippen LogP contribution is -2.60. The summed E-state index contributed by atoms with van der Waals surface area (Å²) in [6.07, 6.45) is -0.655. The summed E-state index contributed by atoms with van der Waals surface area (Å²) in [5.41, 5.74) is 5.96. The Labute approximate surface area is 198 Å². The molecule has 16 heteroatoms. The molecule has 0 fully saturated rings. The summed E-state index contributed by atoms with van der Waals surface area (Å²) in [6.45, 7) is 1.17. The summed E-state index contributed by atoms with van der Waals surface area (Å²) in [5, 5.41) is 43.2. The van der Waals surface area contributed by atoms with Gasteiger partial charge >= 0.3 is 17.9 Å². The predicted octanol–water partition coefficient (Wildman–Crippen LogP) is -3.46. The number of aliphatic hydroxyl groups excluding tert-OH is 1. The smallest absolute Gasteiger partial charge is 0.326 e. The number of H-pyrrole nitrogens is 1. The molecule has 0 saturated heterocycles. The van der Waals surface area contributed by atoms with Gasteiger partial charge in [-0.3, -0.25) is 24.0 Å². The van der Waals surface area contributed by atoms with Gasteiger partial charge in [-0.2, -0.15) is 0 Å². The molecular formula is C19H28N6O10. The van der Waals surface area contributed by atoms with Gasteiger partial charge in [0.2, 0.25) is 17.7 Å². The summed E-state index contributed by atoms with van der Waals surface area (Å²) < 4.78 is 0. The van der Waals surface area contributed by atoms with Crippen LogP contribution >= 0.6 is 0 Å². The van der Waals surface area contributed by atoms with Crippen LogP contribution in [0.4, 0.5) is 0 Å². The first-order valence-corrected chi connectivity index (χ1v) is 10.3. The topological polar surface area (TPSA) is 274 Å². The Morgan fingerprint density at radius 3 is 2.09 bits per heavy atom. The number of nitrogens with one attached hydrogen (secondary N) is 4. The molecule has 1 aromatic rings. The zero-order valence-electron chi connectivity index (χ0n) is 18.6. The predicted molar refractivity (Wildman–Crippen MR) is 114 cm³/mol. The maximum atomic E-state index is 12.8. The minimum atomic E-state index is -1.79. The van der Waals surface area contributed by atoms with Gasteiger partial charge in [-0.25, -0.2) is 9.78 Å². The highest BCUT2D eigenvalue weighted by molar-refractivity contribution is 5.95. The third-order valence-electron chi connectivity index (χ3n) is 4.67. The standard InChI is InChI=1S/C19H28N6O10/c1-8(26)15(25-16(31)10(20)2-3-13(27)28)18(33)23-11(4-9-6-21-7-22-9)17(32)24-12(19(34)35)5-14(29)30/h6-8,10-12,15,26H,2-5,20H2,1H3,(H,21,22)(H,23,33)(H,24,32)(H,25,31)(H,27,28)(H,29,30)(H,34,35). The first-order chi connectivity index (χ1) is 16.3. The Morgan fingerprint density at radius 1 is 0.971 bits per heavy atom. The van der Waals surface area contributed by atoms with E-state index in [2.05, 4.69) is 20.6 Å². The van der Waals surface area contributed by atoms with Gasteiger partial charge in [0.25, 0.3) is 0 Å². The molecule has 1 rings (SSSR count). The number of aromatic amines is 1. The average Bonchev–Trinajstić information content (AvgIpc) is 3.26. The summed E-state index contributed by atoms with van der Waals surface area (Å²) in [6, 6.07) is -6.15. The average molecular weight is 500 g/mol. The van der Waals surface area contributed by atoms with Crippen molar-refractivity contribution in [1.82, 2.24) is 25.9 Å². The van der Waals surface area contributed by atoms with Crippen molar-refractivity contribution in [2.45, 2.75) is 62.9 Å². The number of nitrogens with two attached hydrogens (primary N) is 1. The molecule has 3 amide bonds. The van der Waals surface area contributed by atoms with Gasteiger partial charge in [0.15, 0.2) is 0 Å². The molecule has 35 heavy (non-hydrogen) atoms. The van der Waals surface area contributed by atoms with Gasteiger partial charge < -0.3 is 47.1 Å². The second kappa shape index (κ2) is 13.6. The first-order valence-electron chi connectivity index (χ1n) is 10.3. The van der Waals surface area contributed by atoms with Crippen LogP contribution in [0.1, 0.15) is 31.9 Å². The van der Waals surface area contributed by atoms with Crippen LogP contribution < -0.4 is 21.7 Å². The van der Waals surface area contributed by atoms with Crippen molar-refractivity contribution in [3.8, 4) is 0 Å². The Kier molecular flexibility index (Phi) is 11.3. The fourth-order valence-corrected chi connectivity index (χ4v) is 2.81. The van der Waals surface area contributed by atoms with E-state index in [1.807, 2.05) is 5.32 Å². The molecule has 5 unspecified atom stereocenters. The lowest BCUT2D eigenvalue weighted by molar-refractivity contribution is -0.147. The molecule has 16 nitrogen and oxygen atoms in total. The molecule has 1 aromatic heterocycles. The zero-order valence-corrected chi connectivity index (χ0v) is 18.6. The highest BCUT2D eigenvalue weighted by Gasteiger charge is 2.33. The molecule has 0 aromatic carbocycles. The number of aliphatic carboxylic acids is 3. The third-order valence-corrected chi connectivity index (χ3v) is 4.67. The minimum absolute atomic E-state index is 0.227. The van der Waals surface area contributed by atoms with Gasteiger partial charge in [0.1, 0.15) is 18.1 Å². The Hall–Kier alpha value is -4.05. The first kappa shape index (κ1) is 29.0. The maximum Gasteiger partial charge on any atom is 0.326 e. The van der Waals surface area contributed by atoms with Crippen LogP contribution in [0.15, 0.2) is 12.5 Å². The van der Waals surface area contributed by atoms with Gasteiger partial charge in [0.05, 0.1) is 24.9 Å². The van der Waals surface area contributed by atoms with E-state index in [9.17, 15) is 39.0 Å². The SMILES string of the molecule is CC(O)C(NC(=O)C(N)CCC(=O)O)C(=O)NC(Cc1cnc[nH]1)C(=O)NC(CC(=O)O)C(=O)O. The molecule has 0 aliphatic carbocycles. The number of nitrogens with zero attached hydrogens (tertiary/aromatic N) is 1. The number of rotatable bonds is 15. The molecule has 0 spiro atoms. The highest BCUT2D eigenvalue weighted by atomic mass is 16.4. The normalized spacial score (nSPS) is 15.1. The van der Waals surface area contributed by atoms with Crippen molar-refractivity contribution < 1.29 is 49.2 Å². The highest BCUT2D eigenvalue weighted by Crippen LogP contribution is 2.04. The molecule has 0 aliphatic rings. The van der Waals surface area contributed by atoms with Crippen LogP contribution in [0.25, 0.3) is 0 Å². The summed E-state index contributed by atoms with van der Waals surface area (Å²) >= 11 is 0. The van der Waals surface area contributed by atoms with Gasteiger partial charge in [-0.15, -0.1) is 0 Å². The van der Waals surface area contributed by atoms with E-state index in [0.717, 1.165) is 0 Å². The van der Waals surface area contributed by atoms with Crippen molar-refractivity contribution in [1.29, 1.82) is 0 Å². The lowest BCUT2D eigenvalue weighted by Gasteiger charge is -2.26. The Balaban J connectivity index is 3.01. The fraction of sp³-hybridized carbons (Fsp3) is 0.526. The zero-order chi connectivity index (χ0) is 26.7. The number of carboxylic acids is 3. The van der Waals surface area contributed by atoms with E-state index in [-0.39, 0.29) is 12.8 Å². The minimum Gasteiger partial charge on any atom is -0.481 e. The summed E-state index contributed by atoms with van der Waals surface area (Å²) in [4.78, 5) is 77.1. The van der Waals surface area contributed by atoms with E-state index >= 15 is 0 Å². The lowest BCUT2D eigenvalue weighted by atomic mass is 10.1. The number of imidazole rings is 1. The van der Waals surface area contributed by atoms with Crippen LogP contribution in [0.5, 0.6) is 0 Å². The largest absolute Gasteiger partial charge is 0.481 e. The Bertz CT molecular complexity index is 919. The summed E-state index contributed by atoms with van der Waals surface area (Å²) in [7, 11) is 0. The number of hydrogen-bond acceptors (Lipinski definition) is 9. The molecule has 0 aliphatic heterocycles. The number of aromatic nitrogens is 2. The van der Waals surface area contributed by atoms with Crippen LogP contribution in [0.3, 0.4) is 0 Å². The number of carbonyl (C=O) groups is 6. The van der Waals surface area contributed by atoms with Crippen molar-refractivity contribution in [2.24, 2.45) is 5.73 Å². The van der Waals surface area contributed by atoms with Crippen molar-refractivity contribution in [3.05, 3.63) is 18.2 Å². The molecule has 0 bridgehead atoms. The number of hydrogen-bond donors (Lipinski definition) is 9. The number of aliphatic hydroxyl groups is 1. The van der Waals surface area contributed by atoms with Crippen molar-refractivity contribution in [2.75, 3.05) is 0 Å². The second-order valence-corrected chi connectivity index (χ2v) is 7.61.